The van der Waals surface area contributed by atoms with Gasteiger partial charge in [0.15, 0.2) is 6.54 Å². The average molecular weight is 420 g/mol. The van der Waals surface area contributed by atoms with Gasteiger partial charge in [0.2, 0.25) is 10.0 Å². The number of amides is 1. The van der Waals surface area contributed by atoms with E-state index in [9.17, 15) is 18.5 Å². The van der Waals surface area contributed by atoms with Crippen LogP contribution in [0.3, 0.4) is 0 Å². The highest BCUT2D eigenvalue weighted by Crippen LogP contribution is 2.39. The van der Waals surface area contributed by atoms with Crippen LogP contribution in [0.15, 0.2) is 17.0 Å². The van der Waals surface area contributed by atoms with Gasteiger partial charge in [-0.25, -0.2) is 8.42 Å². The van der Waals surface area contributed by atoms with E-state index >= 15 is 0 Å². The van der Waals surface area contributed by atoms with Crippen molar-refractivity contribution in [2.75, 3.05) is 32.7 Å². The van der Waals surface area contributed by atoms with Gasteiger partial charge in [-0.05, 0) is 57.6 Å². The van der Waals surface area contributed by atoms with Crippen molar-refractivity contribution in [2.24, 2.45) is 5.92 Å². The highest BCUT2D eigenvalue weighted by molar-refractivity contribution is 7.89. The van der Waals surface area contributed by atoms with Gasteiger partial charge in [-0.1, -0.05) is 17.7 Å². The smallest absolute Gasteiger partial charge is 0.276 e. The average Bonchev–Trinajstić information content (AvgIpc) is 3.46. The molecule has 158 valence electrons. The van der Waals surface area contributed by atoms with Crippen molar-refractivity contribution in [2.45, 2.75) is 51.0 Å². The fourth-order valence-corrected chi connectivity index (χ4v) is 6.22. The summed E-state index contributed by atoms with van der Waals surface area (Å²) in [6.45, 7) is 9.60. The number of benzene rings is 1. The van der Waals surface area contributed by atoms with Crippen LogP contribution in [0, 0.1) is 38.0 Å². The maximum atomic E-state index is 13.2. The fraction of sp³-hybridized carbons (Fsp3) is 0.619. The van der Waals surface area contributed by atoms with Crippen LogP contribution in [0.5, 0.6) is 0 Å². The molecule has 8 heteroatoms. The Morgan fingerprint density at radius 1 is 1.24 bits per heavy atom. The van der Waals surface area contributed by atoms with E-state index < -0.39 is 15.6 Å². The number of rotatable bonds is 6. The minimum Gasteiger partial charge on any atom is -0.333 e. The van der Waals surface area contributed by atoms with E-state index in [0.29, 0.717) is 31.1 Å². The molecule has 0 radical (unpaired) electrons. The van der Waals surface area contributed by atoms with Crippen LogP contribution in [0.2, 0.25) is 0 Å². The zero-order valence-corrected chi connectivity index (χ0v) is 18.5. The first-order valence-corrected chi connectivity index (χ1v) is 11.6. The van der Waals surface area contributed by atoms with Gasteiger partial charge in [0.05, 0.1) is 37.1 Å². The highest BCUT2D eigenvalue weighted by Gasteiger charge is 2.43. The topological polar surface area (TPSA) is 94.7 Å². The number of piperazine rings is 1. The van der Waals surface area contributed by atoms with E-state index in [0.717, 1.165) is 34.4 Å². The monoisotopic (exact) mass is 419 g/mol. The molecule has 2 N–H and O–H groups in total. The maximum absolute atomic E-state index is 13.2. The predicted molar refractivity (Wildman–Crippen MR) is 110 cm³/mol. The summed E-state index contributed by atoms with van der Waals surface area (Å²) in [6, 6.07) is 6.04. The molecule has 1 aromatic carbocycles. The summed E-state index contributed by atoms with van der Waals surface area (Å²) in [6.07, 6.45) is 1.96. The van der Waals surface area contributed by atoms with E-state index in [2.05, 4.69) is 11.4 Å². The molecule has 1 heterocycles. The number of hydrogen-bond acceptors (Lipinski definition) is 4. The summed E-state index contributed by atoms with van der Waals surface area (Å²) in [5.74, 6) is 0.104. The van der Waals surface area contributed by atoms with Crippen LogP contribution in [0.4, 0.5) is 0 Å². The summed E-state index contributed by atoms with van der Waals surface area (Å²) in [7, 11) is -3.55. The molecule has 1 aromatic rings. The Morgan fingerprint density at radius 3 is 2.28 bits per heavy atom. The van der Waals surface area contributed by atoms with E-state index in [4.69, 9.17) is 0 Å². The molecule has 7 nitrogen and oxygen atoms in total. The fourth-order valence-electron chi connectivity index (χ4n) is 4.37. The standard InChI is InChI=1S/C21H30N4O3S/c1-15-11-16(2)20(17(3)12-15)29(27,28)25-9-7-24(8-10-25)13-19(26)23-21(4,14-22)18-5-6-18/h11-12,18H,5-10,13H2,1-4H3,(H,23,26)/p+1/t21-/m1/s1. The number of nitriles is 1. The Kier molecular flexibility index (Phi) is 6.04. The Balaban J connectivity index is 1.60. The molecule has 0 unspecified atom stereocenters. The molecule has 1 aliphatic carbocycles. The van der Waals surface area contributed by atoms with Crippen LogP contribution in [-0.4, -0.2) is 56.9 Å². The molecule has 0 aromatic heterocycles. The molecule has 1 atom stereocenters. The number of aryl methyl sites for hydroxylation is 3. The third kappa shape index (κ3) is 4.63. The van der Waals surface area contributed by atoms with Crippen LogP contribution in [0.25, 0.3) is 0 Å². The van der Waals surface area contributed by atoms with Crippen LogP contribution < -0.4 is 10.2 Å². The van der Waals surface area contributed by atoms with E-state index in [-0.39, 0.29) is 18.4 Å². The SMILES string of the molecule is Cc1cc(C)c(S(=O)(=O)N2CC[NH+](CC(=O)N[C@](C)(C#N)C3CC3)CC2)c(C)c1. The van der Waals surface area contributed by atoms with Crippen molar-refractivity contribution in [3.05, 3.63) is 28.8 Å². The van der Waals surface area contributed by atoms with Crippen molar-refractivity contribution in [1.29, 1.82) is 5.26 Å². The second-order valence-corrected chi connectivity index (χ2v) is 10.6. The molecule has 1 aliphatic heterocycles. The summed E-state index contributed by atoms with van der Waals surface area (Å²) in [4.78, 5) is 13.9. The van der Waals surface area contributed by atoms with Gasteiger partial charge in [0.1, 0.15) is 5.54 Å². The molecule has 1 saturated heterocycles. The zero-order valence-electron chi connectivity index (χ0n) is 17.7. The van der Waals surface area contributed by atoms with Gasteiger partial charge in [0.25, 0.3) is 5.91 Å². The van der Waals surface area contributed by atoms with Crippen molar-refractivity contribution in [3.63, 3.8) is 0 Å². The predicted octanol–water partition coefficient (Wildman–Crippen LogP) is 0.310. The summed E-state index contributed by atoms with van der Waals surface area (Å²) in [5.41, 5.74) is 1.80. The lowest BCUT2D eigenvalue weighted by Gasteiger charge is -2.32. The number of hydrogen-bond donors (Lipinski definition) is 2. The molecule has 1 amide bonds. The summed E-state index contributed by atoms with van der Waals surface area (Å²) in [5, 5.41) is 12.3. The minimum absolute atomic E-state index is 0.141. The molecule has 1 saturated carbocycles. The Hall–Kier alpha value is -1.95. The molecular weight excluding hydrogens is 388 g/mol. The Bertz CT molecular complexity index is 918. The highest BCUT2D eigenvalue weighted by atomic mass is 32.2. The second-order valence-electron chi connectivity index (χ2n) is 8.70. The molecule has 3 rings (SSSR count). The lowest BCUT2D eigenvalue weighted by Crippen LogP contribution is -3.16. The Morgan fingerprint density at radius 2 is 1.79 bits per heavy atom. The molecule has 2 aliphatic rings. The van der Waals surface area contributed by atoms with Crippen molar-refractivity contribution >= 4 is 15.9 Å². The quantitative estimate of drug-likeness (QED) is 0.694. The molecular formula is C21H31N4O3S+. The van der Waals surface area contributed by atoms with E-state index in [1.807, 2.05) is 32.9 Å². The van der Waals surface area contributed by atoms with Crippen LogP contribution in [0.1, 0.15) is 36.5 Å². The first-order chi connectivity index (χ1) is 13.6. The van der Waals surface area contributed by atoms with Crippen LogP contribution >= 0.6 is 0 Å². The number of nitrogens with one attached hydrogen (secondary N) is 2. The Labute approximate surface area is 173 Å². The molecule has 0 spiro atoms. The summed E-state index contributed by atoms with van der Waals surface area (Å²) >= 11 is 0. The summed E-state index contributed by atoms with van der Waals surface area (Å²) < 4.78 is 27.9. The maximum Gasteiger partial charge on any atom is 0.276 e. The third-order valence-corrected chi connectivity index (χ3v) is 8.27. The second kappa shape index (κ2) is 8.05. The van der Waals surface area contributed by atoms with E-state index in [1.54, 1.807) is 6.92 Å². The molecule has 2 fully saturated rings. The lowest BCUT2D eigenvalue weighted by molar-refractivity contribution is -0.895. The van der Waals surface area contributed by atoms with Gasteiger partial charge >= 0.3 is 0 Å². The van der Waals surface area contributed by atoms with E-state index in [1.165, 1.54) is 4.31 Å². The molecule has 0 bridgehead atoms. The first kappa shape index (κ1) is 21.8. The van der Waals surface area contributed by atoms with Gasteiger partial charge in [0, 0.05) is 0 Å². The largest absolute Gasteiger partial charge is 0.333 e. The number of carbonyl (C=O) groups is 1. The molecule has 29 heavy (non-hydrogen) atoms. The zero-order chi connectivity index (χ0) is 21.4. The number of carbonyl (C=O) groups excluding carboxylic acids is 1. The van der Waals surface area contributed by atoms with Gasteiger partial charge in [-0.2, -0.15) is 9.57 Å². The normalized spacial score (nSPS) is 20.7. The number of sulfonamides is 1. The van der Waals surface area contributed by atoms with Crippen molar-refractivity contribution in [1.82, 2.24) is 9.62 Å². The van der Waals surface area contributed by atoms with Crippen LogP contribution in [-0.2, 0) is 14.8 Å². The number of quaternary nitrogens is 1. The lowest BCUT2D eigenvalue weighted by atomic mass is 9.98. The minimum atomic E-state index is -3.55. The van der Waals surface area contributed by atoms with Gasteiger partial charge in [-0.15, -0.1) is 0 Å². The van der Waals surface area contributed by atoms with Crippen molar-refractivity contribution < 1.29 is 18.1 Å². The van der Waals surface area contributed by atoms with Gasteiger partial charge < -0.3 is 10.2 Å². The third-order valence-electron chi connectivity index (χ3n) is 6.07. The van der Waals surface area contributed by atoms with Gasteiger partial charge in [-0.3, -0.25) is 4.79 Å². The van der Waals surface area contributed by atoms with Crippen molar-refractivity contribution in [3.8, 4) is 6.07 Å². The number of nitrogens with zero attached hydrogens (tertiary/aromatic N) is 2. The first-order valence-electron chi connectivity index (χ1n) is 10.2.